The van der Waals surface area contributed by atoms with Crippen molar-refractivity contribution in [2.45, 2.75) is 49.4 Å². The van der Waals surface area contributed by atoms with Gasteiger partial charge < -0.3 is 25.0 Å². The number of amides is 1. The first kappa shape index (κ1) is 18.4. The number of aliphatic hydroxyl groups excluding tert-OH is 2. The summed E-state index contributed by atoms with van der Waals surface area (Å²) in [6.45, 7) is 1.31. The minimum atomic E-state index is -1.23. The number of aromatic nitrogens is 2. The Bertz CT molecular complexity index is 1030. The summed E-state index contributed by atoms with van der Waals surface area (Å²) in [4.78, 5) is 29.0. The fraction of sp³-hybridized carbons (Fsp3) is 0.450. The fourth-order valence-corrected chi connectivity index (χ4v) is 4.42. The SMILES string of the molecule is Cc1cn([C@@H]2O[C@]3(CO)C(O)[C@@H]2OC32CC2)c(=O)nc1NC(=O)c1ccccc1. The molecule has 3 N–H and O–H groups in total. The third-order valence-corrected chi connectivity index (χ3v) is 6.15. The molecule has 2 aliphatic heterocycles. The zero-order chi connectivity index (χ0) is 20.4. The predicted molar refractivity (Wildman–Crippen MR) is 100 cm³/mol. The molecule has 2 aromatic rings. The number of nitrogens with zero attached hydrogens (tertiary/aromatic N) is 2. The van der Waals surface area contributed by atoms with E-state index in [0.29, 0.717) is 24.0 Å². The number of carbonyl (C=O) groups is 1. The zero-order valence-electron chi connectivity index (χ0n) is 15.7. The topological polar surface area (TPSA) is 123 Å². The Kier molecular flexibility index (Phi) is 3.94. The molecule has 1 amide bonds. The highest BCUT2D eigenvalue weighted by Crippen LogP contribution is 2.63. The van der Waals surface area contributed by atoms with E-state index in [4.69, 9.17) is 9.47 Å². The lowest BCUT2D eigenvalue weighted by Gasteiger charge is -2.37. The van der Waals surface area contributed by atoms with Crippen LogP contribution in [0.1, 0.15) is 35.0 Å². The van der Waals surface area contributed by atoms with Crippen LogP contribution in [0.2, 0.25) is 0 Å². The lowest BCUT2D eigenvalue weighted by Crippen LogP contribution is -2.52. The number of anilines is 1. The first-order valence-corrected chi connectivity index (χ1v) is 9.51. The van der Waals surface area contributed by atoms with Gasteiger partial charge in [-0.15, -0.1) is 0 Å². The van der Waals surface area contributed by atoms with Crippen molar-refractivity contribution in [2.75, 3.05) is 11.9 Å². The highest BCUT2D eigenvalue weighted by Gasteiger charge is 2.78. The molecule has 29 heavy (non-hydrogen) atoms. The largest absolute Gasteiger partial charge is 0.393 e. The van der Waals surface area contributed by atoms with Crippen molar-refractivity contribution in [1.82, 2.24) is 9.55 Å². The van der Waals surface area contributed by atoms with E-state index in [2.05, 4.69) is 10.3 Å². The van der Waals surface area contributed by atoms with Crippen molar-refractivity contribution in [1.29, 1.82) is 0 Å². The molecule has 9 heteroatoms. The van der Waals surface area contributed by atoms with E-state index in [1.807, 2.05) is 0 Å². The number of benzene rings is 1. The van der Waals surface area contributed by atoms with Crippen LogP contribution in [0.25, 0.3) is 0 Å². The Balaban J connectivity index is 1.43. The van der Waals surface area contributed by atoms with Gasteiger partial charge in [0.05, 0.1) is 6.61 Å². The van der Waals surface area contributed by atoms with Crippen molar-refractivity contribution < 1.29 is 24.5 Å². The Morgan fingerprint density at radius 3 is 2.69 bits per heavy atom. The predicted octanol–water partition coefficient (Wildman–Crippen LogP) is 0.356. The second-order valence-corrected chi connectivity index (χ2v) is 7.86. The van der Waals surface area contributed by atoms with Gasteiger partial charge in [0.25, 0.3) is 5.91 Å². The van der Waals surface area contributed by atoms with Gasteiger partial charge in [-0.3, -0.25) is 9.36 Å². The summed E-state index contributed by atoms with van der Waals surface area (Å²) in [5.74, 6) is -0.219. The molecule has 1 saturated carbocycles. The van der Waals surface area contributed by atoms with E-state index in [1.165, 1.54) is 10.8 Å². The molecular weight excluding hydrogens is 378 g/mol. The van der Waals surface area contributed by atoms with Gasteiger partial charge in [-0.1, -0.05) is 18.2 Å². The number of rotatable bonds is 4. The average Bonchev–Trinajstić information content (AvgIpc) is 3.40. The number of hydrogen-bond acceptors (Lipinski definition) is 7. The van der Waals surface area contributed by atoms with Gasteiger partial charge in [0.1, 0.15) is 23.6 Å². The third kappa shape index (κ3) is 2.52. The van der Waals surface area contributed by atoms with Gasteiger partial charge in [-0.2, -0.15) is 4.98 Å². The fourth-order valence-electron chi connectivity index (χ4n) is 4.42. The second kappa shape index (κ2) is 6.20. The number of aliphatic hydroxyl groups is 2. The first-order chi connectivity index (χ1) is 13.9. The van der Waals surface area contributed by atoms with E-state index in [1.54, 1.807) is 37.3 Å². The molecule has 9 nitrogen and oxygen atoms in total. The quantitative estimate of drug-likeness (QED) is 0.678. The van der Waals surface area contributed by atoms with E-state index in [0.717, 1.165) is 0 Å². The minimum Gasteiger partial charge on any atom is -0.393 e. The van der Waals surface area contributed by atoms with Gasteiger partial charge in [0.2, 0.25) is 0 Å². The van der Waals surface area contributed by atoms with Gasteiger partial charge in [0.15, 0.2) is 11.8 Å². The summed E-state index contributed by atoms with van der Waals surface area (Å²) in [5.41, 5.74) is -1.54. The highest BCUT2D eigenvalue weighted by atomic mass is 16.7. The maximum atomic E-state index is 12.7. The van der Waals surface area contributed by atoms with Crippen LogP contribution >= 0.6 is 0 Å². The smallest absolute Gasteiger partial charge is 0.351 e. The number of aryl methyl sites for hydroxylation is 1. The van der Waals surface area contributed by atoms with Gasteiger partial charge >= 0.3 is 5.69 Å². The third-order valence-electron chi connectivity index (χ3n) is 6.15. The number of hydrogen-bond donors (Lipinski definition) is 3. The van der Waals surface area contributed by atoms with Crippen LogP contribution in [0.4, 0.5) is 5.82 Å². The minimum absolute atomic E-state index is 0.153. The maximum absolute atomic E-state index is 12.7. The van der Waals surface area contributed by atoms with Crippen molar-refractivity contribution in [2.24, 2.45) is 0 Å². The van der Waals surface area contributed by atoms with Crippen LogP contribution in [0, 0.1) is 6.92 Å². The zero-order valence-corrected chi connectivity index (χ0v) is 15.7. The maximum Gasteiger partial charge on any atom is 0.351 e. The normalized spacial score (nSPS) is 31.2. The van der Waals surface area contributed by atoms with Crippen molar-refractivity contribution in [3.8, 4) is 0 Å². The van der Waals surface area contributed by atoms with Gasteiger partial charge in [-0.05, 0) is 31.9 Å². The molecule has 3 heterocycles. The average molecular weight is 399 g/mol. The Hall–Kier alpha value is -2.59. The lowest BCUT2D eigenvalue weighted by atomic mass is 9.91. The Morgan fingerprint density at radius 1 is 1.31 bits per heavy atom. The molecule has 5 rings (SSSR count). The second-order valence-electron chi connectivity index (χ2n) is 7.86. The molecule has 1 aromatic heterocycles. The van der Waals surface area contributed by atoms with Crippen LogP contribution in [0.5, 0.6) is 0 Å². The Labute approximate surface area is 165 Å². The number of carbonyl (C=O) groups excluding carboxylic acids is 1. The summed E-state index contributed by atoms with van der Waals surface area (Å²) in [6.07, 6.45) is 0.204. The van der Waals surface area contributed by atoms with Crippen LogP contribution < -0.4 is 11.0 Å². The molecule has 3 aliphatic rings. The van der Waals surface area contributed by atoms with E-state index in [9.17, 15) is 19.8 Å². The summed E-state index contributed by atoms with van der Waals surface area (Å²) >= 11 is 0. The van der Waals surface area contributed by atoms with Crippen molar-refractivity contribution in [3.63, 3.8) is 0 Å². The molecule has 4 atom stereocenters. The van der Waals surface area contributed by atoms with E-state index in [-0.39, 0.29) is 11.7 Å². The van der Waals surface area contributed by atoms with Crippen LogP contribution in [0.3, 0.4) is 0 Å². The summed E-state index contributed by atoms with van der Waals surface area (Å²) < 4.78 is 13.2. The molecule has 1 aliphatic carbocycles. The van der Waals surface area contributed by atoms with Crippen LogP contribution in [-0.2, 0) is 9.47 Å². The number of ether oxygens (including phenoxy) is 2. The molecule has 152 valence electrons. The molecule has 0 radical (unpaired) electrons. The van der Waals surface area contributed by atoms with Gasteiger partial charge in [0, 0.05) is 17.3 Å². The summed E-state index contributed by atoms with van der Waals surface area (Å²) in [5, 5.41) is 23.2. The Morgan fingerprint density at radius 2 is 2.03 bits per heavy atom. The molecule has 2 saturated heterocycles. The van der Waals surface area contributed by atoms with Crippen molar-refractivity contribution in [3.05, 3.63) is 58.1 Å². The molecular formula is C20H21N3O6. The van der Waals surface area contributed by atoms with Crippen molar-refractivity contribution >= 4 is 11.7 Å². The molecule has 1 aromatic carbocycles. The monoisotopic (exact) mass is 399 g/mol. The summed E-state index contributed by atoms with van der Waals surface area (Å²) in [7, 11) is 0. The van der Waals surface area contributed by atoms with Crippen LogP contribution in [-0.4, -0.2) is 55.7 Å². The first-order valence-electron chi connectivity index (χ1n) is 9.51. The molecule has 2 bridgehead atoms. The summed E-state index contributed by atoms with van der Waals surface area (Å²) in [6, 6.07) is 8.62. The van der Waals surface area contributed by atoms with E-state index < -0.39 is 41.9 Å². The lowest BCUT2D eigenvalue weighted by molar-refractivity contribution is -0.235. The number of fused-ring (bicyclic) bond motifs is 3. The number of nitrogens with one attached hydrogen (secondary N) is 1. The molecule has 3 fully saturated rings. The van der Waals surface area contributed by atoms with Gasteiger partial charge in [-0.25, -0.2) is 4.79 Å². The van der Waals surface area contributed by atoms with Crippen LogP contribution in [0.15, 0.2) is 41.3 Å². The molecule has 1 unspecified atom stereocenters. The molecule has 1 spiro atoms. The highest BCUT2D eigenvalue weighted by molar-refractivity contribution is 6.03. The van der Waals surface area contributed by atoms with E-state index >= 15 is 0 Å². The standard InChI is InChI=1S/C20H21N3O6/c1-11-9-23(17-13-14(25)20(10-24,29-17)19(28-13)7-8-19)18(27)22-15(11)21-16(26)12-5-3-2-4-6-12/h2-6,9,13-14,17,24-25H,7-8,10H2,1H3,(H,21,22,26,27)/t13-,14?,17+,20+/m0/s1.